The second kappa shape index (κ2) is 16.8. The molecule has 0 N–H and O–H groups in total. The predicted molar refractivity (Wildman–Crippen MR) is 342 cm³/mol. The van der Waals surface area contributed by atoms with Crippen molar-refractivity contribution in [1.29, 1.82) is 0 Å². The van der Waals surface area contributed by atoms with E-state index in [4.69, 9.17) is 0 Å². The Morgan fingerprint density at radius 2 is 0.744 bits per heavy atom. The highest BCUT2D eigenvalue weighted by molar-refractivity contribution is 6.15. The Labute approximate surface area is 474 Å². The van der Waals surface area contributed by atoms with E-state index in [1.165, 1.54) is 137 Å². The minimum absolute atomic E-state index is 0.550. The largest absolute Gasteiger partial charge is 0.309 e. The molecule has 2 aliphatic carbocycles. The summed E-state index contributed by atoms with van der Waals surface area (Å²) in [5, 5.41) is 9.92. The Balaban J connectivity index is 0.984. The molecule has 0 amide bonds. The van der Waals surface area contributed by atoms with Crippen molar-refractivity contribution in [2.45, 2.75) is 17.8 Å². The van der Waals surface area contributed by atoms with Gasteiger partial charge < -0.3 is 13.7 Å². The number of rotatable bonds is 6. The molecule has 0 bridgehead atoms. The Morgan fingerprint density at radius 1 is 0.280 bits per heavy atom. The lowest BCUT2D eigenvalue weighted by Crippen LogP contribution is -2.28. The number of hydrogen-bond donors (Lipinski definition) is 0. The summed E-state index contributed by atoms with van der Waals surface area (Å²) in [5.74, 6) is 0. The minimum atomic E-state index is -0.757. The molecule has 13 aromatic carbocycles. The molecule has 0 aliphatic heterocycles. The quantitative estimate of drug-likeness (QED) is 0.147. The summed E-state index contributed by atoms with van der Waals surface area (Å²) >= 11 is 0. The van der Waals surface area contributed by atoms with Crippen molar-refractivity contribution in [1.82, 2.24) is 13.7 Å². The number of hydrogen-bond acceptors (Lipinski definition) is 0. The lowest BCUT2D eigenvalue weighted by atomic mass is 9.66. The molecular formula is C79H51N3. The average Bonchev–Trinajstić information content (AvgIpc) is 1.91. The molecule has 0 unspecified atom stereocenters. The fourth-order valence-electron chi connectivity index (χ4n) is 15.6. The van der Waals surface area contributed by atoms with E-state index >= 15 is 0 Å². The van der Waals surface area contributed by atoms with Gasteiger partial charge in [0.15, 0.2) is 0 Å². The number of aromatic nitrogens is 3. The zero-order chi connectivity index (χ0) is 53.8. The van der Waals surface area contributed by atoms with Crippen LogP contribution in [0.3, 0.4) is 0 Å². The minimum Gasteiger partial charge on any atom is -0.309 e. The van der Waals surface area contributed by atoms with Gasteiger partial charge in [-0.2, -0.15) is 0 Å². The van der Waals surface area contributed by atoms with Crippen LogP contribution in [0.1, 0.15) is 45.9 Å². The van der Waals surface area contributed by atoms with Gasteiger partial charge in [-0.15, -0.1) is 0 Å². The van der Waals surface area contributed by atoms with E-state index in [-0.39, 0.29) is 0 Å². The van der Waals surface area contributed by atoms with Crippen LogP contribution >= 0.6 is 0 Å². The Morgan fingerprint density at radius 3 is 1.41 bits per heavy atom. The highest BCUT2D eigenvalue weighted by atomic mass is 15.0. The SMILES string of the molecule is C[C@@](c1ccc2c3ccccc3n(-c3ccccc3)c2c1)(c1cccc2c1-c1c(ccc3ccccc13)C21c2ccccc2-c2ccccc21)c1cccc2c1c1ccccc1n2-c1ccc2c3ccccc3n(-c3ccccc3)c2c1. The molecule has 16 aromatic rings. The van der Waals surface area contributed by atoms with Crippen LogP contribution in [0.2, 0.25) is 0 Å². The van der Waals surface area contributed by atoms with Gasteiger partial charge >= 0.3 is 0 Å². The summed E-state index contributed by atoms with van der Waals surface area (Å²) in [5.41, 5.74) is 23.5. The summed E-state index contributed by atoms with van der Waals surface area (Å²) in [4.78, 5) is 0. The fraction of sp³-hybridized carbons (Fsp3) is 0.0380. The fourth-order valence-corrected chi connectivity index (χ4v) is 15.6. The van der Waals surface area contributed by atoms with Crippen LogP contribution in [-0.2, 0) is 10.8 Å². The zero-order valence-electron chi connectivity index (χ0n) is 45.1. The van der Waals surface area contributed by atoms with Gasteiger partial charge in [0, 0.05) is 54.8 Å². The maximum Gasteiger partial charge on any atom is 0.0725 e. The topological polar surface area (TPSA) is 14.8 Å². The molecule has 18 rings (SSSR count). The van der Waals surface area contributed by atoms with E-state index in [2.05, 4.69) is 312 Å². The third-order valence-electron chi connectivity index (χ3n) is 19.0. The average molecular weight is 1040 g/mol. The maximum absolute atomic E-state index is 2.54. The smallest absolute Gasteiger partial charge is 0.0725 e. The van der Waals surface area contributed by atoms with Crippen molar-refractivity contribution in [2.24, 2.45) is 0 Å². The summed E-state index contributed by atoms with van der Waals surface area (Å²) < 4.78 is 7.43. The van der Waals surface area contributed by atoms with Gasteiger partial charge in [-0.3, -0.25) is 0 Å². The molecule has 1 spiro atoms. The summed E-state index contributed by atoms with van der Waals surface area (Å²) in [6.07, 6.45) is 0. The molecule has 82 heavy (non-hydrogen) atoms. The zero-order valence-corrected chi connectivity index (χ0v) is 45.1. The maximum atomic E-state index is 2.54. The molecule has 3 heteroatoms. The molecule has 3 aromatic heterocycles. The van der Waals surface area contributed by atoms with E-state index in [0.29, 0.717) is 0 Å². The van der Waals surface area contributed by atoms with Crippen molar-refractivity contribution < 1.29 is 0 Å². The van der Waals surface area contributed by atoms with Gasteiger partial charge in [0.2, 0.25) is 0 Å². The standard InChI is InChI=1S/C79H51N3/c1-78(51-43-45-60-58-30-12-17-38-69(58)80(73(60)48-51)52-23-4-2-5-24-52,66-35-20-37-67-77(66)76-55-27-9-8-22-50(55)42-47-68(76)79(67)63-33-15-10-28-56(63)57-29-11-16-34-64(57)79)65-36-21-41-72-75(65)62-32-14-19-40-71(62)82(72)54-44-46-61-59-31-13-18-39-70(59)81(74(61)49-54)53-25-6-3-7-26-53/h2-49H,1H3/t78-/m0/s1. The van der Waals surface area contributed by atoms with Gasteiger partial charge in [0.1, 0.15) is 0 Å². The predicted octanol–water partition coefficient (Wildman–Crippen LogP) is 19.8. The van der Waals surface area contributed by atoms with E-state index in [9.17, 15) is 0 Å². The van der Waals surface area contributed by atoms with Crippen LogP contribution < -0.4 is 0 Å². The van der Waals surface area contributed by atoms with Crippen LogP contribution in [0.5, 0.6) is 0 Å². The van der Waals surface area contributed by atoms with Crippen molar-refractivity contribution in [3.05, 3.63) is 330 Å². The molecule has 0 radical (unpaired) electrons. The highest BCUT2D eigenvalue weighted by Crippen LogP contribution is 2.66. The first kappa shape index (κ1) is 45.4. The first-order valence-electron chi connectivity index (χ1n) is 28.7. The van der Waals surface area contributed by atoms with Gasteiger partial charge in [-0.1, -0.05) is 224 Å². The van der Waals surface area contributed by atoms with E-state index in [0.717, 1.165) is 17.1 Å². The van der Waals surface area contributed by atoms with Gasteiger partial charge in [0.05, 0.1) is 38.5 Å². The first-order valence-corrected chi connectivity index (χ1v) is 28.7. The van der Waals surface area contributed by atoms with Crippen molar-refractivity contribution in [2.75, 3.05) is 0 Å². The molecule has 0 saturated carbocycles. The molecule has 382 valence electrons. The third-order valence-corrected chi connectivity index (χ3v) is 19.0. The van der Waals surface area contributed by atoms with Crippen molar-refractivity contribution in [3.63, 3.8) is 0 Å². The second-order valence-electron chi connectivity index (χ2n) is 22.8. The van der Waals surface area contributed by atoms with Gasteiger partial charge in [-0.25, -0.2) is 0 Å². The molecule has 0 saturated heterocycles. The number of benzene rings is 13. The number of fused-ring (bicyclic) bond motifs is 21. The van der Waals surface area contributed by atoms with Gasteiger partial charge in [-0.05, 0) is 146 Å². The molecule has 2 aliphatic rings. The van der Waals surface area contributed by atoms with Crippen molar-refractivity contribution in [3.8, 4) is 39.3 Å². The third kappa shape index (κ3) is 5.83. The van der Waals surface area contributed by atoms with E-state index < -0.39 is 10.8 Å². The normalized spacial score (nSPS) is 13.9. The van der Waals surface area contributed by atoms with Crippen LogP contribution in [0.4, 0.5) is 0 Å². The summed E-state index contributed by atoms with van der Waals surface area (Å²) in [6.45, 7) is 2.54. The Bertz CT molecular complexity index is 5320. The molecule has 0 fully saturated rings. The second-order valence-corrected chi connectivity index (χ2v) is 22.8. The Kier molecular flexibility index (Phi) is 9.29. The molecule has 3 heterocycles. The van der Waals surface area contributed by atoms with E-state index in [1.54, 1.807) is 0 Å². The first-order chi connectivity index (χ1) is 40.6. The number of nitrogens with zero attached hydrogens (tertiary/aromatic N) is 3. The van der Waals surface area contributed by atoms with Crippen LogP contribution in [0.25, 0.3) is 116 Å². The van der Waals surface area contributed by atoms with Crippen LogP contribution in [-0.4, -0.2) is 13.7 Å². The monoisotopic (exact) mass is 1040 g/mol. The summed E-state index contributed by atoms with van der Waals surface area (Å²) in [6, 6.07) is 110. The number of para-hydroxylation sites is 5. The Hall–Kier alpha value is -10.5. The molecular weight excluding hydrogens is 991 g/mol. The lowest BCUT2D eigenvalue weighted by molar-refractivity contribution is 0.699. The molecule has 1 atom stereocenters. The molecule has 3 nitrogen and oxygen atoms in total. The summed E-state index contributed by atoms with van der Waals surface area (Å²) in [7, 11) is 0. The van der Waals surface area contributed by atoms with Crippen LogP contribution in [0, 0.1) is 0 Å². The van der Waals surface area contributed by atoms with Crippen LogP contribution in [0.15, 0.2) is 291 Å². The van der Waals surface area contributed by atoms with E-state index in [1.807, 2.05) is 0 Å². The van der Waals surface area contributed by atoms with Crippen molar-refractivity contribution >= 4 is 76.2 Å². The van der Waals surface area contributed by atoms with Gasteiger partial charge in [0.25, 0.3) is 0 Å². The lowest BCUT2D eigenvalue weighted by Gasteiger charge is -2.36. The highest BCUT2D eigenvalue weighted by Gasteiger charge is 2.54.